The van der Waals surface area contributed by atoms with E-state index in [1.54, 1.807) is 0 Å². The van der Waals surface area contributed by atoms with Gasteiger partial charge in [-0.2, -0.15) is 0 Å². The molecule has 1 saturated heterocycles. The van der Waals surface area contributed by atoms with Crippen LogP contribution in [0.5, 0.6) is 0 Å². The molecule has 1 aromatic carbocycles. The molecule has 1 heterocycles. The summed E-state index contributed by atoms with van der Waals surface area (Å²) in [6.45, 7) is 2.97. The first-order chi connectivity index (χ1) is 9.50. The molecule has 1 aliphatic rings. The van der Waals surface area contributed by atoms with Crippen LogP contribution in [-0.2, 0) is 10.0 Å². The van der Waals surface area contributed by atoms with Gasteiger partial charge < -0.3 is 10.6 Å². The van der Waals surface area contributed by atoms with Crippen LogP contribution in [-0.4, -0.2) is 39.5 Å². The Morgan fingerprint density at radius 1 is 1.25 bits per heavy atom. The number of hydrogen-bond donors (Lipinski definition) is 2. The van der Waals surface area contributed by atoms with Crippen LogP contribution in [0.25, 0.3) is 0 Å². The lowest BCUT2D eigenvalue weighted by molar-refractivity contribution is 0.233. The molecule has 20 heavy (non-hydrogen) atoms. The van der Waals surface area contributed by atoms with E-state index in [0.717, 1.165) is 32.0 Å². The van der Waals surface area contributed by atoms with E-state index in [9.17, 15) is 12.8 Å². The highest BCUT2D eigenvalue weighted by atomic mass is 32.2. The molecule has 0 amide bonds. The summed E-state index contributed by atoms with van der Waals surface area (Å²) in [7, 11) is -3.76. The molecular formula is C13H20FN3O2S. The van der Waals surface area contributed by atoms with Crippen LogP contribution in [0.3, 0.4) is 0 Å². The van der Waals surface area contributed by atoms with Gasteiger partial charge in [-0.05, 0) is 38.1 Å². The van der Waals surface area contributed by atoms with Crippen LogP contribution in [0.1, 0.15) is 19.3 Å². The smallest absolute Gasteiger partial charge is 0.242 e. The van der Waals surface area contributed by atoms with Crippen molar-refractivity contribution < 1.29 is 12.8 Å². The molecule has 0 aliphatic carbocycles. The van der Waals surface area contributed by atoms with Crippen LogP contribution in [0.15, 0.2) is 23.1 Å². The Hall–Kier alpha value is -1.18. The van der Waals surface area contributed by atoms with Crippen molar-refractivity contribution >= 4 is 15.7 Å². The molecule has 1 aliphatic heterocycles. The number of piperidine rings is 1. The number of nitrogens with zero attached hydrogens (tertiary/aromatic N) is 1. The van der Waals surface area contributed by atoms with E-state index in [0.29, 0.717) is 13.1 Å². The SMILES string of the molecule is Nc1c(F)cccc1S(=O)(=O)NCCN1CCCCC1. The van der Waals surface area contributed by atoms with Crippen molar-refractivity contribution in [3.05, 3.63) is 24.0 Å². The van der Waals surface area contributed by atoms with Crippen molar-refractivity contribution in [1.29, 1.82) is 0 Å². The molecule has 7 heteroatoms. The maximum atomic E-state index is 13.3. The number of rotatable bonds is 5. The van der Waals surface area contributed by atoms with Crippen LogP contribution < -0.4 is 10.5 Å². The van der Waals surface area contributed by atoms with Gasteiger partial charge in [-0.15, -0.1) is 0 Å². The van der Waals surface area contributed by atoms with Gasteiger partial charge in [0.2, 0.25) is 10.0 Å². The van der Waals surface area contributed by atoms with Gasteiger partial charge in [0.15, 0.2) is 0 Å². The summed E-state index contributed by atoms with van der Waals surface area (Å²) in [6.07, 6.45) is 3.55. The quantitative estimate of drug-likeness (QED) is 0.801. The number of nitrogens with two attached hydrogens (primary N) is 1. The van der Waals surface area contributed by atoms with Gasteiger partial charge in [0.25, 0.3) is 0 Å². The van der Waals surface area contributed by atoms with Gasteiger partial charge >= 0.3 is 0 Å². The highest BCUT2D eigenvalue weighted by Gasteiger charge is 2.19. The number of sulfonamides is 1. The van der Waals surface area contributed by atoms with Gasteiger partial charge in [0, 0.05) is 13.1 Å². The molecule has 0 bridgehead atoms. The summed E-state index contributed by atoms with van der Waals surface area (Å²) in [5.74, 6) is -0.719. The number of para-hydroxylation sites is 1. The Labute approximate surface area is 119 Å². The number of nitrogen functional groups attached to an aromatic ring is 1. The molecule has 112 valence electrons. The molecule has 0 spiro atoms. The number of nitrogens with one attached hydrogen (secondary N) is 1. The zero-order valence-electron chi connectivity index (χ0n) is 11.3. The molecule has 3 N–H and O–H groups in total. The number of likely N-dealkylation sites (tertiary alicyclic amines) is 1. The van der Waals surface area contributed by atoms with Crippen LogP contribution in [0.2, 0.25) is 0 Å². The zero-order chi connectivity index (χ0) is 14.6. The minimum absolute atomic E-state index is 0.198. The maximum Gasteiger partial charge on any atom is 0.242 e. The number of benzene rings is 1. The van der Waals surface area contributed by atoms with E-state index in [-0.39, 0.29) is 10.6 Å². The molecule has 0 atom stereocenters. The van der Waals surface area contributed by atoms with Crippen LogP contribution >= 0.6 is 0 Å². The Balaban J connectivity index is 1.95. The first kappa shape index (κ1) is 15.2. The second kappa shape index (κ2) is 6.51. The normalized spacial score (nSPS) is 17.2. The van der Waals surface area contributed by atoms with Crippen LogP contribution in [0, 0.1) is 5.82 Å². The molecule has 0 unspecified atom stereocenters. The van der Waals surface area contributed by atoms with Gasteiger partial charge in [0.05, 0.1) is 5.69 Å². The molecule has 0 aromatic heterocycles. The monoisotopic (exact) mass is 301 g/mol. The predicted octanol–water partition coefficient (Wildman–Crippen LogP) is 1.17. The fourth-order valence-electron chi connectivity index (χ4n) is 2.35. The highest BCUT2D eigenvalue weighted by molar-refractivity contribution is 7.89. The summed E-state index contributed by atoms with van der Waals surface area (Å²) in [4.78, 5) is 2.03. The van der Waals surface area contributed by atoms with Crippen molar-refractivity contribution in [2.24, 2.45) is 0 Å². The third kappa shape index (κ3) is 3.68. The third-order valence-corrected chi connectivity index (χ3v) is 4.99. The Morgan fingerprint density at radius 2 is 1.95 bits per heavy atom. The maximum absolute atomic E-state index is 13.3. The first-order valence-electron chi connectivity index (χ1n) is 6.77. The molecular weight excluding hydrogens is 281 g/mol. The van der Waals surface area contributed by atoms with E-state index in [2.05, 4.69) is 9.62 Å². The largest absolute Gasteiger partial charge is 0.395 e. The minimum Gasteiger partial charge on any atom is -0.395 e. The van der Waals surface area contributed by atoms with Gasteiger partial charge in [-0.3, -0.25) is 0 Å². The van der Waals surface area contributed by atoms with E-state index in [4.69, 9.17) is 5.73 Å². The zero-order valence-corrected chi connectivity index (χ0v) is 12.1. The van der Waals surface area contributed by atoms with Gasteiger partial charge in [-0.25, -0.2) is 17.5 Å². The van der Waals surface area contributed by atoms with Crippen molar-refractivity contribution in [2.45, 2.75) is 24.2 Å². The van der Waals surface area contributed by atoms with Crippen LogP contribution in [0.4, 0.5) is 10.1 Å². The molecule has 1 fully saturated rings. The summed E-state index contributed by atoms with van der Waals surface area (Å²) in [5.41, 5.74) is 5.14. The average molecular weight is 301 g/mol. The third-order valence-electron chi connectivity index (χ3n) is 3.47. The van der Waals surface area contributed by atoms with Gasteiger partial charge in [0.1, 0.15) is 10.7 Å². The predicted molar refractivity (Wildman–Crippen MR) is 76.3 cm³/mol. The fourth-order valence-corrected chi connectivity index (χ4v) is 3.51. The van der Waals surface area contributed by atoms with E-state index >= 15 is 0 Å². The lowest BCUT2D eigenvalue weighted by Gasteiger charge is -2.26. The van der Waals surface area contributed by atoms with Crippen molar-refractivity contribution in [2.75, 3.05) is 31.9 Å². The van der Waals surface area contributed by atoms with Gasteiger partial charge in [-0.1, -0.05) is 12.5 Å². The summed E-state index contributed by atoms with van der Waals surface area (Å²) >= 11 is 0. The Bertz CT molecular complexity index is 557. The summed E-state index contributed by atoms with van der Waals surface area (Å²) < 4.78 is 39.9. The molecule has 2 rings (SSSR count). The van der Waals surface area contributed by atoms with E-state index < -0.39 is 15.8 Å². The van der Waals surface area contributed by atoms with Crippen molar-refractivity contribution in [3.63, 3.8) is 0 Å². The molecule has 5 nitrogen and oxygen atoms in total. The second-order valence-electron chi connectivity index (χ2n) is 4.95. The lowest BCUT2D eigenvalue weighted by atomic mass is 10.1. The topological polar surface area (TPSA) is 75.4 Å². The number of anilines is 1. The first-order valence-corrected chi connectivity index (χ1v) is 8.25. The lowest BCUT2D eigenvalue weighted by Crippen LogP contribution is -2.37. The fraction of sp³-hybridized carbons (Fsp3) is 0.538. The highest BCUT2D eigenvalue weighted by Crippen LogP contribution is 2.20. The number of halogens is 1. The molecule has 0 radical (unpaired) electrons. The Kier molecular flexibility index (Phi) is 4.95. The molecule has 0 saturated carbocycles. The van der Waals surface area contributed by atoms with E-state index in [1.165, 1.54) is 18.6 Å². The standard InChI is InChI=1S/C13H20FN3O2S/c14-11-5-4-6-12(13(11)15)20(18,19)16-7-10-17-8-2-1-3-9-17/h4-6,16H,1-3,7-10,15H2. The summed E-state index contributed by atoms with van der Waals surface area (Å²) in [5, 5.41) is 0. The van der Waals surface area contributed by atoms with Crippen molar-refractivity contribution in [1.82, 2.24) is 9.62 Å². The van der Waals surface area contributed by atoms with Crippen molar-refractivity contribution in [3.8, 4) is 0 Å². The minimum atomic E-state index is -3.76. The Morgan fingerprint density at radius 3 is 2.65 bits per heavy atom. The molecule has 1 aromatic rings. The number of hydrogen-bond acceptors (Lipinski definition) is 4. The average Bonchev–Trinajstić information content (AvgIpc) is 2.42. The summed E-state index contributed by atoms with van der Waals surface area (Å²) in [6, 6.07) is 3.79. The second-order valence-corrected chi connectivity index (χ2v) is 6.69. The van der Waals surface area contributed by atoms with E-state index in [1.807, 2.05) is 0 Å².